The fraction of sp³-hybridized carbons (Fsp3) is 0.0741. The minimum Gasteiger partial charge on any atom is -0.354 e. The lowest BCUT2D eigenvalue weighted by Gasteiger charge is -2.09. The Kier molecular flexibility index (Phi) is 6.43. The minimum atomic E-state index is 0.559. The molecule has 2 N–H and O–H groups in total. The quantitative estimate of drug-likeness (QED) is 0.331. The molecular formula is C27H23N7. The van der Waals surface area contributed by atoms with Crippen LogP contribution in [-0.2, 0) is 6.42 Å². The minimum absolute atomic E-state index is 0.559. The summed E-state index contributed by atoms with van der Waals surface area (Å²) < 4.78 is 0. The standard InChI is InChI=1S/C27H23N7/c1-2-8-21(9-3-1)26-29-17-13-24(33-26)32-25-14-18-31-27(34-25)30-16-12-20-7-6-10-22(19-20)23-11-4-5-15-28-23/h1-11,13-15,17-19H,12,16H2,(H2,29,30,31,32,33,34). The van der Waals surface area contributed by atoms with E-state index in [9.17, 15) is 0 Å². The highest BCUT2D eigenvalue weighted by molar-refractivity contribution is 5.60. The zero-order chi connectivity index (χ0) is 23.0. The van der Waals surface area contributed by atoms with Gasteiger partial charge >= 0.3 is 0 Å². The molecular weight excluding hydrogens is 422 g/mol. The van der Waals surface area contributed by atoms with Crippen LogP contribution in [-0.4, -0.2) is 31.5 Å². The van der Waals surface area contributed by atoms with Gasteiger partial charge in [-0.2, -0.15) is 4.98 Å². The van der Waals surface area contributed by atoms with Gasteiger partial charge in [0.05, 0.1) is 5.69 Å². The topological polar surface area (TPSA) is 88.5 Å². The van der Waals surface area contributed by atoms with E-state index in [1.807, 2.05) is 66.9 Å². The first kappa shape index (κ1) is 21.2. The molecule has 7 heteroatoms. The summed E-state index contributed by atoms with van der Waals surface area (Å²) in [7, 11) is 0. The van der Waals surface area contributed by atoms with Crippen LogP contribution < -0.4 is 10.6 Å². The van der Waals surface area contributed by atoms with Gasteiger partial charge in [0.1, 0.15) is 11.6 Å². The maximum absolute atomic E-state index is 4.59. The van der Waals surface area contributed by atoms with Gasteiger partial charge < -0.3 is 10.6 Å². The molecule has 0 saturated carbocycles. The van der Waals surface area contributed by atoms with E-state index >= 15 is 0 Å². The average molecular weight is 446 g/mol. The normalized spacial score (nSPS) is 10.6. The Morgan fingerprint density at radius 1 is 0.618 bits per heavy atom. The highest BCUT2D eigenvalue weighted by Crippen LogP contribution is 2.19. The van der Waals surface area contributed by atoms with E-state index in [1.165, 1.54) is 5.56 Å². The molecule has 166 valence electrons. The van der Waals surface area contributed by atoms with Crippen LogP contribution in [0.15, 0.2) is 104 Å². The van der Waals surface area contributed by atoms with E-state index in [0.29, 0.717) is 30.0 Å². The van der Waals surface area contributed by atoms with Crippen molar-refractivity contribution in [3.8, 4) is 22.6 Å². The molecule has 0 bridgehead atoms. The molecule has 3 heterocycles. The molecule has 0 amide bonds. The Balaban J connectivity index is 1.21. The highest BCUT2D eigenvalue weighted by Gasteiger charge is 2.05. The molecule has 0 aliphatic heterocycles. The SMILES string of the molecule is c1ccc(-c2nccc(Nc3ccnc(NCCc4cccc(-c5ccccn5)c4)n3)n2)cc1. The summed E-state index contributed by atoms with van der Waals surface area (Å²) in [6, 6.07) is 27.9. The predicted molar refractivity (Wildman–Crippen MR) is 135 cm³/mol. The summed E-state index contributed by atoms with van der Waals surface area (Å²) in [6.07, 6.45) is 6.11. The number of benzene rings is 2. The van der Waals surface area contributed by atoms with E-state index < -0.39 is 0 Å². The first-order valence-electron chi connectivity index (χ1n) is 11.1. The third-order valence-electron chi connectivity index (χ3n) is 5.18. The zero-order valence-electron chi connectivity index (χ0n) is 18.5. The van der Waals surface area contributed by atoms with Crippen LogP contribution in [0.1, 0.15) is 5.56 Å². The van der Waals surface area contributed by atoms with Crippen molar-refractivity contribution in [3.05, 3.63) is 109 Å². The van der Waals surface area contributed by atoms with Crippen LogP contribution in [0.3, 0.4) is 0 Å². The van der Waals surface area contributed by atoms with Crippen LogP contribution in [0.2, 0.25) is 0 Å². The third-order valence-corrected chi connectivity index (χ3v) is 5.18. The van der Waals surface area contributed by atoms with Gasteiger partial charge in [-0.15, -0.1) is 0 Å². The lowest BCUT2D eigenvalue weighted by Crippen LogP contribution is -2.09. The van der Waals surface area contributed by atoms with Crippen molar-refractivity contribution in [2.24, 2.45) is 0 Å². The molecule has 5 rings (SSSR count). The summed E-state index contributed by atoms with van der Waals surface area (Å²) in [5.41, 5.74) is 4.27. The molecule has 0 atom stereocenters. The van der Waals surface area contributed by atoms with E-state index in [4.69, 9.17) is 0 Å². The number of nitrogens with one attached hydrogen (secondary N) is 2. The van der Waals surface area contributed by atoms with Crippen LogP contribution in [0.25, 0.3) is 22.6 Å². The first-order valence-corrected chi connectivity index (χ1v) is 11.1. The van der Waals surface area contributed by atoms with Crippen molar-refractivity contribution < 1.29 is 0 Å². The Bertz CT molecular complexity index is 1360. The first-order chi connectivity index (χ1) is 16.8. The van der Waals surface area contributed by atoms with Gasteiger partial charge in [-0.3, -0.25) is 4.98 Å². The second kappa shape index (κ2) is 10.3. The summed E-state index contributed by atoms with van der Waals surface area (Å²) in [4.78, 5) is 22.3. The molecule has 0 aliphatic rings. The maximum atomic E-state index is 4.59. The Morgan fingerprint density at radius 3 is 2.26 bits per heavy atom. The largest absolute Gasteiger partial charge is 0.354 e. The van der Waals surface area contributed by atoms with Gasteiger partial charge in [0.2, 0.25) is 5.95 Å². The molecule has 2 aromatic carbocycles. The summed E-state index contributed by atoms with van der Waals surface area (Å²) in [6.45, 7) is 0.709. The number of nitrogens with zero attached hydrogens (tertiary/aromatic N) is 5. The van der Waals surface area contributed by atoms with Crippen molar-refractivity contribution in [1.29, 1.82) is 0 Å². The highest BCUT2D eigenvalue weighted by atomic mass is 15.2. The summed E-state index contributed by atoms with van der Waals surface area (Å²) >= 11 is 0. The number of anilines is 3. The van der Waals surface area contributed by atoms with Crippen LogP contribution >= 0.6 is 0 Å². The molecule has 3 aromatic heterocycles. The second-order valence-electron chi connectivity index (χ2n) is 7.61. The van der Waals surface area contributed by atoms with Gasteiger partial charge in [-0.05, 0) is 42.3 Å². The van der Waals surface area contributed by atoms with E-state index in [1.54, 1.807) is 12.4 Å². The second-order valence-corrected chi connectivity index (χ2v) is 7.61. The average Bonchev–Trinajstić information content (AvgIpc) is 2.90. The van der Waals surface area contributed by atoms with Crippen molar-refractivity contribution in [2.45, 2.75) is 6.42 Å². The molecule has 0 fully saturated rings. The monoisotopic (exact) mass is 445 g/mol. The summed E-state index contributed by atoms with van der Waals surface area (Å²) in [5, 5.41) is 6.54. The van der Waals surface area contributed by atoms with Crippen LogP contribution in [0, 0.1) is 0 Å². The number of pyridine rings is 1. The molecule has 0 spiro atoms. The maximum Gasteiger partial charge on any atom is 0.224 e. The molecule has 0 saturated heterocycles. The zero-order valence-corrected chi connectivity index (χ0v) is 18.5. The summed E-state index contributed by atoms with van der Waals surface area (Å²) in [5.74, 6) is 2.55. The molecule has 0 radical (unpaired) electrons. The fourth-order valence-electron chi connectivity index (χ4n) is 3.54. The Morgan fingerprint density at radius 2 is 1.41 bits per heavy atom. The van der Waals surface area contributed by atoms with Crippen molar-refractivity contribution in [1.82, 2.24) is 24.9 Å². The van der Waals surface area contributed by atoms with Gasteiger partial charge in [-0.25, -0.2) is 15.0 Å². The molecule has 5 aromatic rings. The number of hydrogen-bond donors (Lipinski definition) is 2. The molecule has 34 heavy (non-hydrogen) atoms. The smallest absolute Gasteiger partial charge is 0.224 e. The molecule has 0 unspecified atom stereocenters. The van der Waals surface area contributed by atoms with Gasteiger partial charge in [0.25, 0.3) is 0 Å². The number of hydrogen-bond acceptors (Lipinski definition) is 7. The Labute approximate surface area is 198 Å². The predicted octanol–water partition coefficient (Wildman–Crippen LogP) is 5.39. The van der Waals surface area contributed by atoms with Gasteiger partial charge in [-0.1, -0.05) is 54.6 Å². The molecule has 7 nitrogen and oxygen atoms in total. The van der Waals surface area contributed by atoms with E-state index in [2.05, 4.69) is 59.8 Å². The van der Waals surface area contributed by atoms with E-state index in [-0.39, 0.29) is 0 Å². The fourth-order valence-corrected chi connectivity index (χ4v) is 3.54. The van der Waals surface area contributed by atoms with Gasteiger partial charge in [0, 0.05) is 36.3 Å². The van der Waals surface area contributed by atoms with Gasteiger partial charge in [0.15, 0.2) is 5.82 Å². The van der Waals surface area contributed by atoms with Crippen LogP contribution in [0.5, 0.6) is 0 Å². The van der Waals surface area contributed by atoms with Crippen LogP contribution in [0.4, 0.5) is 17.6 Å². The lowest BCUT2D eigenvalue weighted by molar-refractivity contribution is 0.984. The number of aromatic nitrogens is 5. The Hall–Kier alpha value is -4.65. The lowest BCUT2D eigenvalue weighted by atomic mass is 10.1. The van der Waals surface area contributed by atoms with Crippen molar-refractivity contribution in [3.63, 3.8) is 0 Å². The molecule has 0 aliphatic carbocycles. The number of rotatable bonds is 8. The van der Waals surface area contributed by atoms with Crippen molar-refractivity contribution in [2.75, 3.05) is 17.2 Å². The third kappa shape index (κ3) is 5.39. The van der Waals surface area contributed by atoms with Crippen molar-refractivity contribution >= 4 is 17.6 Å². The van der Waals surface area contributed by atoms with E-state index in [0.717, 1.165) is 23.2 Å².